The second kappa shape index (κ2) is 16.2. The van der Waals surface area contributed by atoms with Gasteiger partial charge in [-0.05, 0) is 117 Å². The van der Waals surface area contributed by atoms with E-state index >= 15 is 8.78 Å². The Labute approximate surface area is 357 Å². The largest absolute Gasteiger partial charge is 0.371 e. The van der Waals surface area contributed by atoms with Crippen LogP contribution in [-0.2, 0) is 29.1 Å². The molecule has 1 aromatic heterocycles. The number of imide groups is 2. The topological polar surface area (TPSA) is 112 Å². The lowest BCUT2D eigenvalue weighted by molar-refractivity contribution is -0.136. The summed E-state index contributed by atoms with van der Waals surface area (Å²) in [7, 11) is 0. The first-order chi connectivity index (χ1) is 29.9. The van der Waals surface area contributed by atoms with E-state index in [1.165, 1.54) is 17.0 Å². The van der Waals surface area contributed by atoms with Gasteiger partial charge in [0.25, 0.3) is 18.2 Å². The second-order valence-electron chi connectivity index (χ2n) is 18.4. The summed E-state index contributed by atoms with van der Waals surface area (Å²) in [6.07, 6.45) is 2.00. The van der Waals surface area contributed by atoms with Gasteiger partial charge in [-0.1, -0.05) is 18.2 Å². The number of carbonyl (C=O) groups excluding carboxylic acids is 4. The minimum absolute atomic E-state index is 0.0858. The number of halogens is 4. The first kappa shape index (κ1) is 40.9. The van der Waals surface area contributed by atoms with E-state index < -0.39 is 60.3 Å². The molecule has 326 valence electrons. The number of piperidine rings is 3. The van der Waals surface area contributed by atoms with Crippen LogP contribution in [0, 0.1) is 23.5 Å². The highest BCUT2D eigenvalue weighted by Crippen LogP contribution is 2.44. The van der Waals surface area contributed by atoms with Crippen LogP contribution in [0.1, 0.15) is 100 Å². The normalized spacial score (nSPS) is 24.4. The first-order valence-corrected chi connectivity index (χ1v) is 22.1. The van der Waals surface area contributed by atoms with Crippen LogP contribution < -0.4 is 10.2 Å². The van der Waals surface area contributed by atoms with Gasteiger partial charge in [-0.15, -0.1) is 0 Å². The number of anilines is 1. The number of likely N-dealkylation sites (tertiary alicyclic amines) is 1. The molecule has 11 nitrogen and oxygen atoms in total. The fraction of sp³-hybridized carbons (Fsp3) is 0.489. The molecule has 6 aliphatic rings. The molecule has 3 fully saturated rings. The summed E-state index contributed by atoms with van der Waals surface area (Å²) in [6, 6.07) is 11.7. The quantitative estimate of drug-likeness (QED) is 0.147. The Morgan fingerprint density at radius 3 is 2.02 bits per heavy atom. The standard InChI is InChI=1S/C47H51F4N7O4/c1-26-16-33-32-4-2-3-5-38(32)52-43(33)44(57(26)25-40(50)51)42-36(48)19-31(20-37(42)49)56-14-10-28(11-15-56)21-54-12-8-27(9-13-54)22-55-23-29-17-34-35(18-30(29)24-55)47(62)58(46(34)61)39-6-7-41(59)53-45(39)60/h2-5,17-20,26-28,39-40,44,52H,6-16,21-25H2,1H3,(H,53,59,60)/t26-,39?,44-/m1/s1. The number of aromatic amines is 1. The number of carbonyl (C=O) groups is 4. The Kier molecular flexibility index (Phi) is 10.7. The van der Waals surface area contributed by atoms with Gasteiger partial charge >= 0.3 is 0 Å². The summed E-state index contributed by atoms with van der Waals surface area (Å²) in [6.45, 7) is 7.89. The number of nitrogens with one attached hydrogen (secondary N) is 2. The third kappa shape index (κ3) is 7.38. The van der Waals surface area contributed by atoms with Gasteiger partial charge in [-0.2, -0.15) is 0 Å². The average molecular weight is 854 g/mol. The highest BCUT2D eigenvalue weighted by Gasteiger charge is 2.46. The Bertz CT molecular complexity index is 2390. The van der Waals surface area contributed by atoms with Crippen molar-refractivity contribution in [2.24, 2.45) is 11.8 Å². The zero-order valence-electron chi connectivity index (χ0n) is 34.8. The number of nitrogens with zero attached hydrogens (tertiary/aromatic N) is 5. The van der Waals surface area contributed by atoms with Gasteiger partial charge in [0.05, 0.1) is 23.7 Å². The van der Waals surface area contributed by atoms with E-state index in [0.717, 1.165) is 84.4 Å². The smallest absolute Gasteiger partial charge is 0.262 e. The minimum atomic E-state index is -2.66. The molecule has 3 aromatic carbocycles. The Balaban J connectivity index is 0.722. The Hall–Kier alpha value is -5.12. The van der Waals surface area contributed by atoms with Gasteiger partial charge in [0.2, 0.25) is 11.8 Å². The molecule has 1 unspecified atom stereocenters. The van der Waals surface area contributed by atoms with Crippen LogP contribution >= 0.6 is 0 Å². The first-order valence-electron chi connectivity index (χ1n) is 22.1. The van der Waals surface area contributed by atoms with Gasteiger partial charge in [-0.25, -0.2) is 17.6 Å². The van der Waals surface area contributed by atoms with Crippen LogP contribution in [0.15, 0.2) is 48.5 Å². The molecule has 4 aromatic rings. The molecule has 0 spiro atoms. The van der Waals surface area contributed by atoms with Crippen molar-refractivity contribution in [2.45, 2.75) is 89.5 Å². The highest BCUT2D eigenvalue weighted by molar-refractivity contribution is 6.23. The van der Waals surface area contributed by atoms with E-state index in [1.54, 1.807) is 0 Å². The van der Waals surface area contributed by atoms with E-state index in [1.807, 2.05) is 48.2 Å². The number of rotatable bonds is 9. The zero-order chi connectivity index (χ0) is 43.0. The maximum Gasteiger partial charge on any atom is 0.262 e. The molecule has 6 aliphatic heterocycles. The van der Waals surface area contributed by atoms with E-state index in [4.69, 9.17) is 0 Å². The average Bonchev–Trinajstić information content (AvgIpc) is 3.89. The third-order valence-corrected chi connectivity index (χ3v) is 14.5. The van der Waals surface area contributed by atoms with Gasteiger partial charge < -0.3 is 14.8 Å². The number of amides is 4. The number of hydrogen-bond donors (Lipinski definition) is 2. The predicted octanol–water partition coefficient (Wildman–Crippen LogP) is 6.39. The molecule has 0 saturated carbocycles. The molecule has 7 heterocycles. The van der Waals surface area contributed by atoms with E-state index in [-0.39, 0.29) is 24.4 Å². The van der Waals surface area contributed by atoms with Crippen molar-refractivity contribution in [3.05, 3.63) is 99.2 Å². The fourth-order valence-electron chi connectivity index (χ4n) is 11.3. The summed E-state index contributed by atoms with van der Waals surface area (Å²) in [5.74, 6) is -2.42. The SMILES string of the molecule is C[C@@H]1Cc2c([nH]c3ccccc23)[C@@H](c2c(F)cc(N3CCC(CN4CCC(CN5Cc6cc7c(cc6C5)C(=O)N(C5CCC(=O)NC5=O)C7=O)CC4)CC3)cc2F)N1CC(F)F. The van der Waals surface area contributed by atoms with Crippen molar-refractivity contribution >= 4 is 40.2 Å². The molecule has 2 N–H and O–H groups in total. The molecule has 3 atom stereocenters. The molecule has 0 aliphatic carbocycles. The molecule has 4 amide bonds. The van der Waals surface area contributed by atoms with E-state index in [9.17, 15) is 28.0 Å². The maximum atomic E-state index is 16.3. The molecule has 0 bridgehead atoms. The summed E-state index contributed by atoms with van der Waals surface area (Å²) >= 11 is 0. The molecular weight excluding hydrogens is 803 g/mol. The van der Waals surface area contributed by atoms with Gasteiger partial charge in [0.15, 0.2) is 0 Å². The molecule has 3 saturated heterocycles. The lowest BCUT2D eigenvalue weighted by Crippen LogP contribution is -2.54. The number of aromatic nitrogens is 1. The van der Waals surface area contributed by atoms with Gasteiger partial charge in [0.1, 0.15) is 17.7 Å². The summed E-state index contributed by atoms with van der Waals surface area (Å²) in [5.41, 5.74) is 5.30. The summed E-state index contributed by atoms with van der Waals surface area (Å²) in [5, 5.41) is 3.19. The molecule has 15 heteroatoms. The van der Waals surface area contributed by atoms with Crippen molar-refractivity contribution in [3.8, 4) is 0 Å². The monoisotopic (exact) mass is 853 g/mol. The van der Waals surface area contributed by atoms with Crippen LogP contribution in [0.5, 0.6) is 0 Å². The van der Waals surface area contributed by atoms with Gasteiger partial charge in [-0.3, -0.25) is 39.2 Å². The lowest BCUT2D eigenvalue weighted by atomic mass is 9.88. The fourth-order valence-corrected chi connectivity index (χ4v) is 11.3. The van der Waals surface area contributed by atoms with E-state index in [0.29, 0.717) is 66.9 Å². The molecule has 10 rings (SSSR count). The second-order valence-corrected chi connectivity index (χ2v) is 18.4. The number of benzene rings is 3. The van der Waals surface area contributed by atoms with Crippen LogP contribution in [-0.4, -0.2) is 113 Å². The van der Waals surface area contributed by atoms with Crippen molar-refractivity contribution < 1.29 is 36.7 Å². The number of hydrogen-bond acceptors (Lipinski definition) is 8. The maximum absolute atomic E-state index is 16.3. The lowest BCUT2D eigenvalue weighted by Gasteiger charge is -2.41. The number of fused-ring (bicyclic) bond motifs is 5. The van der Waals surface area contributed by atoms with E-state index in [2.05, 4.69) is 20.1 Å². The van der Waals surface area contributed by atoms with Crippen molar-refractivity contribution in [1.82, 2.24) is 29.9 Å². The summed E-state index contributed by atoms with van der Waals surface area (Å²) in [4.78, 5) is 63.6. The van der Waals surface area contributed by atoms with Crippen molar-refractivity contribution in [2.75, 3.05) is 50.7 Å². The van der Waals surface area contributed by atoms with Crippen LogP contribution in [0.4, 0.5) is 23.2 Å². The predicted molar refractivity (Wildman–Crippen MR) is 224 cm³/mol. The number of alkyl halides is 2. The van der Waals surface area contributed by atoms with Crippen LogP contribution in [0.2, 0.25) is 0 Å². The zero-order valence-corrected chi connectivity index (χ0v) is 34.8. The number of H-pyrrole nitrogens is 1. The van der Waals surface area contributed by atoms with Crippen molar-refractivity contribution in [3.63, 3.8) is 0 Å². The number of para-hydroxylation sites is 1. The Morgan fingerprint density at radius 1 is 0.774 bits per heavy atom. The Morgan fingerprint density at radius 2 is 1.39 bits per heavy atom. The van der Waals surface area contributed by atoms with Crippen molar-refractivity contribution in [1.29, 1.82) is 0 Å². The molecular formula is C47H51F4N7O4. The third-order valence-electron chi connectivity index (χ3n) is 14.5. The van der Waals surface area contributed by atoms with Crippen LogP contribution in [0.3, 0.4) is 0 Å². The van der Waals surface area contributed by atoms with Gasteiger partial charge in [0, 0.05) is 79.6 Å². The molecule has 62 heavy (non-hydrogen) atoms. The molecule has 0 radical (unpaired) electrons. The summed E-state index contributed by atoms with van der Waals surface area (Å²) < 4.78 is 60.4. The van der Waals surface area contributed by atoms with Crippen LogP contribution in [0.25, 0.3) is 10.9 Å². The minimum Gasteiger partial charge on any atom is -0.371 e. The highest BCUT2D eigenvalue weighted by atomic mass is 19.3.